The molecule has 0 saturated heterocycles. The first kappa shape index (κ1) is 18.0. The van der Waals surface area contributed by atoms with Crippen molar-refractivity contribution in [3.05, 3.63) is 60.3 Å². The zero-order valence-electron chi connectivity index (χ0n) is 14.8. The lowest BCUT2D eigenvalue weighted by Gasteiger charge is -2.23. The van der Waals surface area contributed by atoms with Crippen molar-refractivity contribution in [1.82, 2.24) is 5.16 Å². The fourth-order valence-corrected chi connectivity index (χ4v) is 4.13. The third kappa shape index (κ3) is 3.43. The summed E-state index contributed by atoms with van der Waals surface area (Å²) in [5, 5.41) is 3.85. The van der Waals surface area contributed by atoms with Crippen molar-refractivity contribution in [3.8, 4) is 17.1 Å². The Kier molecular flexibility index (Phi) is 4.99. The quantitative estimate of drug-likeness (QED) is 0.657. The summed E-state index contributed by atoms with van der Waals surface area (Å²) in [4.78, 5) is 0.218. The van der Waals surface area contributed by atoms with E-state index in [-0.39, 0.29) is 4.90 Å². The van der Waals surface area contributed by atoms with E-state index >= 15 is 0 Å². The third-order valence-corrected chi connectivity index (χ3v) is 5.92. The molecule has 0 amide bonds. The normalized spacial score (nSPS) is 11.3. The molecule has 26 heavy (non-hydrogen) atoms. The molecular formula is C19H20N2O4S. The smallest absolute Gasteiger partial charge is 0.264 e. The van der Waals surface area contributed by atoms with Gasteiger partial charge in [-0.25, -0.2) is 8.42 Å². The van der Waals surface area contributed by atoms with Gasteiger partial charge in [0.2, 0.25) is 0 Å². The summed E-state index contributed by atoms with van der Waals surface area (Å²) in [6.45, 7) is 3.95. The summed E-state index contributed by atoms with van der Waals surface area (Å²) in [6, 6.07) is 15.3. The van der Waals surface area contributed by atoms with Crippen LogP contribution in [0, 0.1) is 6.92 Å². The molecule has 3 aromatic rings. The molecule has 7 heteroatoms. The van der Waals surface area contributed by atoms with Crippen LogP contribution in [0.3, 0.4) is 0 Å². The van der Waals surface area contributed by atoms with Crippen LogP contribution in [0.1, 0.15) is 12.6 Å². The topological polar surface area (TPSA) is 72.6 Å². The van der Waals surface area contributed by atoms with Gasteiger partial charge in [0.05, 0.1) is 23.4 Å². The fraction of sp³-hybridized carbons (Fsp3) is 0.211. The number of nitrogens with zero attached hydrogens (tertiary/aromatic N) is 2. The Bertz CT molecular complexity index is 977. The zero-order chi connectivity index (χ0) is 18.7. The minimum atomic E-state index is -3.67. The van der Waals surface area contributed by atoms with Crippen molar-refractivity contribution < 1.29 is 17.7 Å². The molecule has 1 heterocycles. The zero-order valence-corrected chi connectivity index (χ0v) is 15.7. The first-order valence-corrected chi connectivity index (χ1v) is 9.60. The molecule has 0 N–H and O–H groups in total. The maximum absolute atomic E-state index is 13.0. The maximum atomic E-state index is 13.0. The number of aryl methyl sites for hydroxylation is 1. The molecule has 0 spiro atoms. The maximum Gasteiger partial charge on any atom is 0.264 e. The van der Waals surface area contributed by atoms with Gasteiger partial charge >= 0.3 is 0 Å². The number of benzene rings is 2. The van der Waals surface area contributed by atoms with Gasteiger partial charge in [0, 0.05) is 18.2 Å². The summed E-state index contributed by atoms with van der Waals surface area (Å²) < 4.78 is 37.8. The number of methoxy groups -OCH3 is 1. The molecule has 0 aliphatic rings. The molecule has 3 rings (SSSR count). The molecule has 2 aromatic carbocycles. The predicted octanol–water partition coefficient (Wildman–Crippen LogP) is 3.87. The average molecular weight is 372 g/mol. The molecule has 0 saturated carbocycles. The Hall–Kier alpha value is -2.80. The largest absolute Gasteiger partial charge is 0.497 e. The second-order valence-corrected chi connectivity index (χ2v) is 7.59. The highest BCUT2D eigenvalue weighted by atomic mass is 32.2. The van der Waals surface area contributed by atoms with Crippen molar-refractivity contribution in [1.29, 1.82) is 0 Å². The minimum absolute atomic E-state index is 0.218. The van der Waals surface area contributed by atoms with Gasteiger partial charge in [0.25, 0.3) is 10.0 Å². The van der Waals surface area contributed by atoms with Crippen LogP contribution in [-0.2, 0) is 10.0 Å². The van der Waals surface area contributed by atoms with Gasteiger partial charge < -0.3 is 9.26 Å². The lowest BCUT2D eigenvalue weighted by Crippen LogP contribution is -2.30. The summed E-state index contributed by atoms with van der Waals surface area (Å²) in [5.41, 5.74) is 2.13. The summed E-state index contributed by atoms with van der Waals surface area (Å²) in [7, 11) is -2.10. The van der Waals surface area contributed by atoms with Crippen molar-refractivity contribution in [2.75, 3.05) is 18.0 Å². The van der Waals surface area contributed by atoms with Gasteiger partial charge in [0.15, 0.2) is 5.76 Å². The Balaban J connectivity index is 1.92. The number of aromatic nitrogens is 1. The first-order valence-electron chi connectivity index (χ1n) is 8.16. The predicted molar refractivity (Wildman–Crippen MR) is 99.9 cm³/mol. The van der Waals surface area contributed by atoms with Gasteiger partial charge in [0.1, 0.15) is 5.75 Å². The highest BCUT2D eigenvalue weighted by molar-refractivity contribution is 7.92. The standard InChI is InChI=1S/C19H20N2O4S/c1-4-21(16-7-9-17(24-3)10-8-16)26(22,23)18-11-5-15(6-12-18)19-13-14(2)20-25-19/h5-13H,4H2,1-3H3. The SMILES string of the molecule is CCN(c1ccc(OC)cc1)S(=O)(=O)c1ccc(-c2cc(C)no2)cc1. The van der Waals surface area contributed by atoms with E-state index in [2.05, 4.69) is 5.16 Å². The van der Waals surface area contributed by atoms with Crippen molar-refractivity contribution >= 4 is 15.7 Å². The lowest BCUT2D eigenvalue weighted by molar-refractivity contribution is 0.415. The molecule has 0 bridgehead atoms. The Morgan fingerprint density at radius 1 is 1.08 bits per heavy atom. The summed E-state index contributed by atoms with van der Waals surface area (Å²) in [6.07, 6.45) is 0. The van der Waals surface area contributed by atoms with Crippen molar-refractivity contribution in [2.24, 2.45) is 0 Å². The molecule has 1 aromatic heterocycles. The Morgan fingerprint density at radius 2 is 1.73 bits per heavy atom. The average Bonchev–Trinajstić information content (AvgIpc) is 3.09. The molecule has 136 valence electrons. The van der Waals surface area contributed by atoms with Crippen molar-refractivity contribution in [2.45, 2.75) is 18.7 Å². The van der Waals surface area contributed by atoms with Gasteiger partial charge in [-0.3, -0.25) is 4.31 Å². The van der Waals surface area contributed by atoms with Crippen LogP contribution in [-0.4, -0.2) is 27.2 Å². The van der Waals surface area contributed by atoms with E-state index in [4.69, 9.17) is 9.26 Å². The van der Waals surface area contributed by atoms with Crippen LogP contribution >= 0.6 is 0 Å². The van der Waals surface area contributed by atoms with E-state index in [0.717, 1.165) is 11.3 Å². The number of hydrogen-bond donors (Lipinski definition) is 0. The Morgan fingerprint density at radius 3 is 2.23 bits per heavy atom. The number of sulfonamides is 1. The van der Waals surface area contributed by atoms with Gasteiger partial charge in [-0.15, -0.1) is 0 Å². The highest BCUT2D eigenvalue weighted by Crippen LogP contribution is 2.27. The summed E-state index contributed by atoms with van der Waals surface area (Å²) in [5.74, 6) is 1.28. The highest BCUT2D eigenvalue weighted by Gasteiger charge is 2.23. The Labute approximate surface area is 153 Å². The summed E-state index contributed by atoms with van der Waals surface area (Å²) >= 11 is 0. The van der Waals surface area contributed by atoms with Crippen LogP contribution in [0.2, 0.25) is 0 Å². The van der Waals surface area contributed by atoms with Crippen LogP contribution < -0.4 is 9.04 Å². The van der Waals surface area contributed by atoms with Crippen LogP contribution in [0.25, 0.3) is 11.3 Å². The minimum Gasteiger partial charge on any atom is -0.497 e. The third-order valence-electron chi connectivity index (χ3n) is 4.00. The molecule has 6 nitrogen and oxygen atoms in total. The van der Waals surface area contributed by atoms with E-state index in [1.807, 2.05) is 6.92 Å². The van der Waals surface area contributed by atoms with Crippen LogP contribution in [0.15, 0.2) is 64.0 Å². The van der Waals surface area contributed by atoms with E-state index < -0.39 is 10.0 Å². The molecule has 0 unspecified atom stereocenters. The van der Waals surface area contributed by atoms with Crippen LogP contribution in [0.5, 0.6) is 5.75 Å². The molecular weight excluding hydrogens is 352 g/mol. The molecule has 0 atom stereocenters. The van der Waals surface area contributed by atoms with E-state index in [1.54, 1.807) is 68.6 Å². The number of ether oxygens (including phenoxy) is 1. The van der Waals surface area contributed by atoms with E-state index in [0.29, 0.717) is 23.7 Å². The molecule has 0 radical (unpaired) electrons. The van der Waals surface area contributed by atoms with Gasteiger partial charge in [-0.2, -0.15) is 0 Å². The number of rotatable bonds is 6. The van der Waals surface area contributed by atoms with E-state index in [1.165, 1.54) is 4.31 Å². The second kappa shape index (κ2) is 7.21. The first-order chi connectivity index (χ1) is 12.5. The van der Waals surface area contributed by atoms with Crippen LogP contribution in [0.4, 0.5) is 5.69 Å². The van der Waals surface area contributed by atoms with E-state index in [9.17, 15) is 8.42 Å². The second-order valence-electron chi connectivity index (χ2n) is 5.72. The number of anilines is 1. The fourth-order valence-electron chi connectivity index (χ4n) is 2.66. The van der Waals surface area contributed by atoms with Crippen molar-refractivity contribution in [3.63, 3.8) is 0 Å². The molecule has 0 aliphatic heterocycles. The van der Waals surface area contributed by atoms with Gasteiger partial charge in [-0.1, -0.05) is 5.16 Å². The lowest BCUT2D eigenvalue weighted by atomic mass is 10.2. The number of hydrogen-bond acceptors (Lipinski definition) is 5. The molecule has 0 aliphatic carbocycles. The molecule has 0 fully saturated rings. The van der Waals surface area contributed by atoms with Gasteiger partial charge in [-0.05, 0) is 62.4 Å². The monoisotopic (exact) mass is 372 g/mol.